The zero-order chi connectivity index (χ0) is 18.8. The second-order valence-corrected chi connectivity index (χ2v) is 7.90. The van der Waals surface area contributed by atoms with Gasteiger partial charge in [0, 0.05) is 0 Å². The van der Waals surface area contributed by atoms with E-state index in [1.54, 1.807) is 6.07 Å². The van der Waals surface area contributed by atoms with Crippen LogP contribution in [0.5, 0.6) is 0 Å². The van der Waals surface area contributed by atoms with Crippen LogP contribution in [0.2, 0.25) is 10.0 Å². The monoisotopic (exact) mass is 391 g/mol. The fourth-order valence-electron chi connectivity index (χ4n) is 3.95. The Morgan fingerprint density at radius 1 is 1.04 bits per heavy atom. The van der Waals surface area contributed by atoms with Gasteiger partial charge in [-0.15, -0.1) is 0 Å². The minimum absolute atomic E-state index is 0.162. The number of hydrogen-bond donors (Lipinski definition) is 1. The summed E-state index contributed by atoms with van der Waals surface area (Å²) in [5.74, 6) is -0.765. The number of rotatable bonds is 4. The summed E-state index contributed by atoms with van der Waals surface area (Å²) < 4.78 is 0. The van der Waals surface area contributed by atoms with Crippen molar-refractivity contribution in [3.8, 4) is 0 Å². The van der Waals surface area contributed by atoms with Crippen LogP contribution in [-0.4, -0.2) is 28.6 Å². The molecule has 1 aliphatic heterocycles. The van der Waals surface area contributed by atoms with E-state index in [1.807, 2.05) is 12.1 Å². The first-order valence-electron chi connectivity index (χ1n) is 8.88. The number of aliphatic carboxylic acids is 1. The first-order valence-corrected chi connectivity index (χ1v) is 9.64. The molecule has 0 aliphatic carbocycles. The van der Waals surface area contributed by atoms with Gasteiger partial charge in [-0.2, -0.15) is 0 Å². The van der Waals surface area contributed by atoms with Crippen LogP contribution in [0, 0.1) is 13.8 Å². The quantitative estimate of drug-likeness (QED) is 0.732. The molecule has 0 spiro atoms. The Kier molecular flexibility index (Phi) is 5.91. The molecule has 0 bridgehead atoms. The molecule has 1 heterocycles. The van der Waals surface area contributed by atoms with E-state index in [0.717, 1.165) is 41.6 Å². The molecular weight excluding hydrogens is 369 g/mol. The lowest BCUT2D eigenvalue weighted by molar-refractivity contribution is -0.145. The summed E-state index contributed by atoms with van der Waals surface area (Å²) >= 11 is 12.4. The maximum absolute atomic E-state index is 11.9. The van der Waals surface area contributed by atoms with Gasteiger partial charge in [-0.05, 0) is 56.5 Å². The predicted molar refractivity (Wildman–Crippen MR) is 106 cm³/mol. The highest BCUT2D eigenvalue weighted by Crippen LogP contribution is 2.37. The average molecular weight is 392 g/mol. The summed E-state index contributed by atoms with van der Waals surface area (Å²) in [6, 6.07) is 11.3. The molecule has 138 valence electrons. The Labute approximate surface area is 164 Å². The lowest BCUT2D eigenvalue weighted by Crippen LogP contribution is -2.46. The number of piperidine rings is 1. The zero-order valence-corrected chi connectivity index (χ0v) is 16.5. The van der Waals surface area contributed by atoms with E-state index in [-0.39, 0.29) is 6.04 Å². The van der Waals surface area contributed by atoms with Crippen LogP contribution in [0.4, 0.5) is 0 Å². The molecule has 1 fully saturated rings. The third-order valence-corrected chi connectivity index (χ3v) is 5.72. The molecule has 1 aliphatic rings. The summed E-state index contributed by atoms with van der Waals surface area (Å²) in [6.07, 6.45) is 2.60. The van der Waals surface area contributed by atoms with Gasteiger partial charge in [-0.1, -0.05) is 65.0 Å². The van der Waals surface area contributed by atoms with Crippen LogP contribution in [-0.2, 0) is 4.79 Å². The van der Waals surface area contributed by atoms with Gasteiger partial charge in [0.25, 0.3) is 0 Å². The molecule has 5 heteroatoms. The Morgan fingerprint density at radius 3 is 2.35 bits per heavy atom. The van der Waals surface area contributed by atoms with Crippen LogP contribution < -0.4 is 0 Å². The van der Waals surface area contributed by atoms with Gasteiger partial charge in [0.2, 0.25) is 0 Å². The van der Waals surface area contributed by atoms with Crippen LogP contribution >= 0.6 is 23.2 Å². The normalized spacial score (nSPS) is 19.3. The number of hydrogen-bond acceptors (Lipinski definition) is 2. The second-order valence-electron chi connectivity index (χ2n) is 7.08. The number of likely N-dealkylation sites (tertiary alicyclic amines) is 1. The smallest absolute Gasteiger partial charge is 0.320 e. The largest absolute Gasteiger partial charge is 0.480 e. The van der Waals surface area contributed by atoms with Crippen LogP contribution in [0.3, 0.4) is 0 Å². The van der Waals surface area contributed by atoms with E-state index in [0.29, 0.717) is 16.5 Å². The van der Waals surface area contributed by atoms with Crippen molar-refractivity contribution in [2.24, 2.45) is 0 Å². The minimum atomic E-state index is -0.765. The fraction of sp³-hybridized carbons (Fsp3) is 0.381. The summed E-state index contributed by atoms with van der Waals surface area (Å²) in [6.45, 7) is 4.87. The molecule has 2 unspecified atom stereocenters. The molecule has 0 radical (unpaired) electrons. The van der Waals surface area contributed by atoms with Gasteiger partial charge < -0.3 is 5.11 Å². The van der Waals surface area contributed by atoms with Crippen molar-refractivity contribution >= 4 is 29.2 Å². The van der Waals surface area contributed by atoms with E-state index in [1.165, 1.54) is 0 Å². The molecule has 2 atom stereocenters. The SMILES string of the molecule is Cc1cc(C)cc(C(c2ccc(Cl)c(Cl)c2)N2CCCCC2C(=O)O)c1. The van der Waals surface area contributed by atoms with Crippen molar-refractivity contribution < 1.29 is 9.90 Å². The molecule has 1 N–H and O–H groups in total. The van der Waals surface area contributed by atoms with Gasteiger partial charge >= 0.3 is 5.97 Å². The van der Waals surface area contributed by atoms with Crippen LogP contribution in [0.1, 0.15) is 47.6 Å². The number of benzene rings is 2. The van der Waals surface area contributed by atoms with Gasteiger partial charge in [0.1, 0.15) is 6.04 Å². The third kappa shape index (κ3) is 4.06. The van der Waals surface area contributed by atoms with E-state index in [9.17, 15) is 9.90 Å². The number of carboxylic acids is 1. The summed E-state index contributed by atoms with van der Waals surface area (Å²) in [5, 5.41) is 10.8. The van der Waals surface area contributed by atoms with Crippen LogP contribution in [0.25, 0.3) is 0 Å². The van der Waals surface area contributed by atoms with E-state index in [4.69, 9.17) is 23.2 Å². The van der Waals surface area contributed by atoms with Crippen molar-refractivity contribution in [3.05, 3.63) is 68.7 Å². The average Bonchev–Trinajstić information content (AvgIpc) is 2.58. The molecule has 3 nitrogen and oxygen atoms in total. The first-order chi connectivity index (χ1) is 12.4. The summed E-state index contributed by atoms with van der Waals surface area (Å²) in [4.78, 5) is 14.0. The van der Waals surface area contributed by atoms with Gasteiger partial charge in [-0.25, -0.2) is 0 Å². The van der Waals surface area contributed by atoms with E-state index >= 15 is 0 Å². The maximum atomic E-state index is 11.9. The lowest BCUT2D eigenvalue weighted by atomic mass is 9.90. The molecule has 0 aromatic heterocycles. The van der Waals surface area contributed by atoms with Gasteiger partial charge in [0.05, 0.1) is 16.1 Å². The highest BCUT2D eigenvalue weighted by molar-refractivity contribution is 6.42. The van der Waals surface area contributed by atoms with Crippen LogP contribution in [0.15, 0.2) is 36.4 Å². The van der Waals surface area contributed by atoms with Gasteiger partial charge in [0.15, 0.2) is 0 Å². The molecule has 2 aromatic rings. The standard InChI is InChI=1S/C21H23Cl2NO2/c1-13-9-14(2)11-16(10-13)20(15-6-7-17(22)18(23)12-15)24-8-4-3-5-19(24)21(25)26/h6-7,9-12,19-20H,3-5,8H2,1-2H3,(H,25,26). The van der Waals surface area contributed by atoms with Crippen molar-refractivity contribution in [2.45, 2.75) is 45.2 Å². The Morgan fingerprint density at radius 2 is 1.73 bits per heavy atom. The minimum Gasteiger partial charge on any atom is -0.480 e. The first kappa shape index (κ1) is 19.2. The van der Waals surface area contributed by atoms with Crippen molar-refractivity contribution in [1.82, 2.24) is 4.90 Å². The lowest BCUT2D eigenvalue weighted by Gasteiger charge is -2.40. The Balaban J connectivity index is 2.14. The van der Waals surface area contributed by atoms with Crippen molar-refractivity contribution in [1.29, 1.82) is 0 Å². The molecule has 2 aromatic carbocycles. The summed E-state index contributed by atoms with van der Waals surface area (Å²) in [5.41, 5.74) is 4.38. The number of carbonyl (C=O) groups is 1. The predicted octanol–water partition coefficient (Wildman–Crippen LogP) is 5.64. The van der Waals surface area contributed by atoms with Gasteiger partial charge in [-0.3, -0.25) is 9.69 Å². The number of nitrogens with zero attached hydrogens (tertiary/aromatic N) is 1. The number of aryl methyl sites for hydroxylation is 2. The van der Waals surface area contributed by atoms with E-state index in [2.05, 4.69) is 36.9 Å². The zero-order valence-electron chi connectivity index (χ0n) is 15.0. The molecule has 26 heavy (non-hydrogen) atoms. The topological polar surface area (TPSA) is 40.5 Å². The molecular formula is C21H23Cl2NO2. The van der Waals surface area contributed by atoms with E-state index < -0.39 is 12.0 Å². The number of carboxylic acid groups (broad SMARTS) is 1. The second kappa shape index (κ2) is 7.99. The summed E-state index contributed by atoms with van der Waals surface area (Å²) in [7, 11) is 0. The Bertz CT molecular complexity index is 801. The molecule has 0 saturated carbocycles. The highest BCUT2D eigenvalue weighted by atomic mass is 35.5. The fourth-order valence-corrected chi connectivity index (χ4v) is 4.26. The maximum Gasteiger partial charge on any atom is 0.320 e. The van der Waals surface area contributed by atoms with Crippen molar-refractivity contribution in [3.63, 3.8) is 0 Å². The van der Waals surface area contributed by atoms with Crippen molar-refractivity contribution in [2.75, 3.05) is 6.54 Å². The molecule has 0 amide bonds. The number of halogens is 2. The third-order valence-electron chi connectivity index (χ3n) is 4.98. The molecule has 3 rings (SSSR count). The Hall–Kier alpha value is -1.55. The highest BCUT2D eigenvalue weighted by Gasteiger charge is 2.35. The molecule has 1 saturated heterocycles.